The minimum absolute atomic E-state index is 0.694. The topological polar surface area (TPSA) is 15.3 Å². The molecule has 0 radical (unpaired) electrons. The average molecular weight is 262 g/mol. The first kappa shape index (κ1) is 12.5. The van der Waals surface area contributed by atoms with E-state index >= 15 is 0 Å². The monoisotopic (exact) mass is 262 g/mol. The minimum atomic E-state index is 0.694. The Kier molecular flexibility index (Phi) is 3.92. The van der Waals surface area contributed by atoms with Crippen LogP contribution >= 0.6 is 11.8 Å². The fourth-order valence-corrected chi connectivity index (χ4v) is 3.55. The first-order valence-electron chi connectivity index (χ1n) is 6.91. The summed E-state index contributed by atoms with van der Waals surface area (Å²) in [4.78, 5) is 2.59. The van der Waals surface area contributed by atoms with Crippen LogP contribution < -0.4 is 5.32 Å². The third kappa shape index (κ3) is 2.90. The third-order valence-corrected chi connectivity index (χ3v) is 5.30. The number of rotatable bonds is 4. The van der Waals surface area contributed by atoms with Crippen molar-refractivity contribution in [3.63, 3.8) is 0 Å². The molecule has 1 aromatic carbocycles. The largest absolute Gasteiger partial charge is 0.308 e. The van der Waals surface area contributed by atoms with Crippen molar-refractivity contribution < 1.29 is 0 Å². The highest BCUT2D eigenvalue weighted by Gasteiger charge is 2.32. The molecule has 98 valence electrons. The zero-order valence-electron chi connectivity index (χ0n) is 11.0. The summed E-state index contributed by atoms with van der Waals surface area (Å²) >= 11 is 2.06. The van der Waals surface area contributed by atoms with Gasteiger partial charge in [-0.25, -0.2) is 0 Å². The number of thioether (sulfide) groups is 1. The second-order valence-corrected chi connectivity index (χ2v) is 6.74. The molecule has 2 saturated heterocycles. The minimum Gasteiger partial charge on any atom is -0.308 e. The van der Waals surface area contributed by atoms with Crippen LogP contribution in [-0.2, 0) is 6.54 Å². The molecule has 0 aromatic heterocycles. The molecule has 2 unspecified atom stereocenters. The first-order chi connectivity index (χ1) is 8.81. The van der Waals surface area contributed by atoms with Gasteiger partial charge in [0, 0.05) is 43.2 Å². The van der Waals surface area contributed by atoms with Crippen LogP contribution in [-0.4, -0.2) is 41.6 Å². The Morgan fingerprint density at radius 1 is 1.22 bits per heavy atom. The van der Waals surface area contributed by atoms with Crippen molar-refractivity contribution >= 4 is 11.8 Å². The van der Waals surface area contributed by atoms with E-state index in [4.69, 9.17) is 0 Å². The molecule has 0 aliphatic carbocycles. The van der Waals surface area contributed by atoms with Crippen molar-refractivity contribution in [2.24, 2.45) is 5.92 Å². The standard InChI is InChI=1S/C15H22N2S/c1-12-7-17(8-13-5-3-2-4-6-13)9-15(12)16-14-10-18-11-14/h2-6,12,14-16H,7-11H2,1H3. The second kappa shape index (κ2) is 5.64. The zero-order valence-corrected chi connectivity index (χ0v) is 11.8. The van der Waals surface area contributed by atoms with Gasteiger partial charge in [0.2, 0.25) is 0 Å². The lowest BCUT2D eigenvalue weighted by atomic mass is 10.1. The quantitative estimate of drug-likeness (QED) is 0.895. The van der Waals surface area contributed by atoms with E-state index in [1.807, 2.05) is 0 Å². The molecule has 2 atom stereocenters. The van der Waals surface area contributed by atoms with E-state index in [-0.39, 0.29) is 0 Å². The maximum absolute atomic E-state index is 3.82. The number of likely N-dealkylation sites (tertiary alicyclic amines) is 1. The van der Waals surface area contributed by atoms with Gasteiger partial charge in [0.15, 0.2) is 0 Å². The lowest BCUT2D eigenvalue weighted by Crippen LogP contribution is -2.48. The number of hydrogen-bond donors (Lipinski definition) is 1. The van der Waals surface area contributed by atoms with Crippen molar-refractivity contribution in [2.75, 3.05) is 24.6 Å². The van der Waals surface area contributed by atoms with Crippen LogP contribution in [0, 0.1) is 5.92 Å². The van der Waals surface area contributed by atoms with Gasteiger partial charge in [0.05, 0.1) is 0 Å². The van der Waals surface area contributed by atoms with E-state index in [1.165, 1.54) is 30.2 Å². The number of nitrogens with one attached hydrogen (secondary N) is 1. The van der Waals surface area contributed by atoms with E-state index in [0.717, 1.165) is 18.5 Å². The maximum atomic E-state index is 3.82. The molecule has 2 heterocycles. The van der Waals surface area contributed by atoms with Crippen LogP contribution in [0.15, 0.2) is 30.3 Å². The maximum Gasteiger partial charge on any atom is 0.0252 e. The highest BCUT2D eigenvalue weighted by molar-refractivity contribution is 8.00. The van der Waals surface area contributed by atoms with Gasteiger partial charge in [-0.2, -0.15) is 11.8 Å². The van der Waals surface area contributed by atoms with Gasteiger partial charge in [-0.05, 0) is 11.5 Å². The van der Waals surface area contributed by atoms with Crippen LogP contribution in [0.5, 0.6) is 0 Å². The molecular weight excluding hydrogens is 240 g/mol. The van der Waals surface area contributed by atoms with Crippen molar-refractivity contribution in [3.05, 3.63) is 35.9 Å². The van der Waals surface area contributed by atoms with Crippen LogP contribution in [0.2, 0.25) is 0 Å². The highest BCUT2D eigenvalue weighted by atomic mass is 32.2. The lowest BCUT2D eigenvalue weighted by Gasteiger charge is -2.30. The van der Waals surface area contributed by atoms with Gasteiger partial charge in [-0.3, -0.25) is 4.90 Å². The van der Waals surface area contributed by atoms with Gasteiger partial charge >= 0.3 is 0 Å². The summed E-state index contributed by atoms with van der Waals surface area (Å²) < 4.78 is 0. The molecule has 0 spiro atoms. The Morgan fingerprint density at radius 2 is 2.00 bits per heavy atom. The Balaban J connectivity index is 1.53. The van der Waals surface area contributed by atoms with Gasteiger partial charge in [0.25, 0.3) is 0 Å². The van der Waals surface area contributed by atoms with Gasteiger partial charge in [-0.1, -0.05) is 37.3 Å². The van der Waals surface area contributed by atoms with Crippen LogP contribution in [0.4, 0.5) is 0 Å². The number of benzene rings is 1. The first-order valence-corrected chi connectivity index (χ1v) is 8.07. The van der Waals surface area contributed by atoms with E-state index in [1.54, 1.807) is 0 Å². The van der Waals surface area contributed by atoms with Gasteiger partial charge in [-0.15, -0.1) is 0 Å². The second-order valence-electron chi connectivity index (χ2n) is 5.66. The molecule has 1 N–H and O–H groups in total. The highest BCUT2D eigenvalue weighted by Crippen LogP contribution is 2.23. The fourth-order valence-electron chi connectivity index (χ4n) is 2.89. The van der Waals surface area contributed by atoms with E-state index in [0.29, 0.717) is 6.04 Å². The van der Waals surface area contributed by atoms with Crippen molar-refractivity contribution in [3.8, 4) is 0 Å². The predicted molar refractivity (Wildman–Crippen MR) is 78.9 cm³/mol. The molecule has 18 heavy (non-hydrogen) atoms. The van der Waals surface area contributed by atoms with Crippen molar-refractivity contribution in [2.45, 2.75) is 25.6 Å². The number of nitrogens with zero attached hydrogens (tertiary/aromatic N) is 1. The molecule has 2 nitrogen and oxygen atoms in total. The average Bonchev–Trinajstić information content (AvgIpc) is 2.66. The fraction of sp³-hybridized carbons (Fsp3) is 0.600. The SMILES string of the molecule is CC1CN(Cc2ccccc2)CC1NC1CSC1. The summed E-state index contributed by atoms with van der Waals surface area (Å²) in [6, 6.07) is 12.3. The predicted octanol–water partition coefficient (Wildman–Crippen LogP) is 2.21. The number of hydrogen-bond acceptors (Lipinski definition) is 3. The molecule has 0 saturated carbocycles. The van der Waals surface area contributed by atoms with E-state index < -0.39 is 0 Å². The van der Waals surface area contributed by atoms with E-state index in [2.05, 4.69) is 59.2 Å². The molecule has 2 aliphatic heterocycles. The van der Waals surface area contributed by atoms with Gasteiger partial charge in [0.1, 0.15) is 0 Å². The van der Waals surface area contributed by atoms with Crippen LogP contribution in [0.25, 0.3) is 0 Å². The summed E-state index contributed by atoms with van der Waals surface area (Å²) in [7, 11) is 0. The summed E-state index contributed by atoms with van der Waals surface area (Å²) in [6.45, 7) is 5.92. The molecule has 3 heteroatoms. The van der Waals surface area contributed by atoms with E-state index in [9.17, 15) is 0 Å². The molecule has 2 aliphatic rings. The third-order valence-electron chi connectivity index (χ3n) is 4.02. The smallest absolute Gasteiger partial charge is 0.0252 e. The molecular formula is C15H22N2S. The summed E-state index contributed by atoms with van der Waals surface area (Å²) in [5, 5.41) is 3.82. The molecule has 3 rings (SSSR count). The Hall–Kier alpha value is -0.510. The van der Waals surface area contributed by atoms with Crippen molar-refractivity contribution in [1.29, 1.82) is 0 Å². The van der Waals surface area contributed by atoms with Gasteiger partial charge < -0.3 is 5.32 Å². The molecule has 2 fully saturated rings. The zero-order chi connectivity index (χ0) is 12.4. The normalized spacial score (nSPS) is 29.4. The molecule has 0 bridgehead atoms. The Morgan fingerprint density at radius 3 is 2.67 bits per heavy atom. The van der Waals surface area contributed by atoms with Crippen LogP contribution in [0.1, 0.15) is 12.5 Å². The molecule has 1 aromatic rings. The van der Waals surface area contributed by atoms with Crippen molar-refractivity contribution in [1.82, 2.24) is 10.2 Å². The molecule has 0 amide bonds. The Labute approximate surface area is 114 Å². The Bertz CT molecular complexity index is 377. The summed E-state index contributed by atoms with van der Waals surface area (Å²) in [5.41, 5.74) is 1.43. The van der Waals surface area contributed by atoms with Crippen LogP contribution in [0.3, 0.4) is 0 Å². The lowest BCUT2D eigenvalue weighted by molar-refractivity contribution is 0.314. The summed E-state index contributed by atoms with van der Waals surface area (Å²) in [6.07, 6.45) is 0. The summed E-state index contributed by atoms with van der Waals surface area (Å²) in [5.74, 6) is 3.39.